The van der Waals surface area contributed by atoms with E-state index in [0.717, 1.165) is 16.3 Å². The molecule has 1 aromatic rings. The molecule has 1 nitrogen and oxygen atoms in total. The first-order valence-electron chi connectivity index (χ1n) is 4.05. The van der Waals surface area contributed by atoms with Crippen LogP contribution < -0.4 is 0 Å². The van der Waals surface area contributed by atoms with Gasteiger partial charge in [-0.1, -0.05) is 12.2 Å². The van der Waals surface area contributed by atoms with Crippen molar-refractivity contribution in [2.45, 2.75) is 10.6 Å². The maximum absolute atomic E-state index is 4.33. The second kappa shape index (κ2) is 3.94. The molecular weight excluding hydrogens is 198 g/mol. The molecule has 1 aromatic heterocycles. The van der Waals surface area contributed by atoms with E-state index in [-0.39, 0.29) is 0 Å². The topological polar surface area (TPSA) is 12.4 Å². The summed E-state index contributed by atoms with van der Waals surface area (Å²) in [6.07, 6.45) is 8.97. The lowest BCUT2D eigenvalue weighted by Crippen LogP contribution is -1.73. The fourth-order valence-electron chi connectivity index (χ4n) is 1.12. The zero-order valence-corrected chi connectivity index (χ0v) is 8.68. The van der Waals surface area contributed by atoms with Crippen LogP contribution in [-0.2, 0) is 0 Å². The van der Waals surface area contributed by atoms with E-state index in [4.69, 9.17) is 0 Å². The number of thiophene rings is 1. The Bertz CT molecular complexity index is 385. The molecule has 66 valence electrons. The van der Waals surface area contributed by atoms with Crippen LogP contribution in [0.15, 0.2) is 39.6 Å². The predicted octanol–water partition coefficient (Wildman–Crippen LogP) is 3.41. The summed E-state index contributed by atoms with van der Waals surface area (Å²) in [4.78, 5) is 5.52. The van der Waals surface area contributed by atoms with E-state index in [2.05, 4.69) is 35.8 Å². The minimum absolute atomic E-state index is 0.954. The number of thiol groups is 1. The van der Waals surface area contributed by atoms with Gasteiger partial charge < -0.3 is 0 Å². The third-order valence-corrected chi connectivity index (χ3v) is 3.06. The van der Waals surface area contributed by atoms with Crippen molar-refractivity contribution in [2.24, 2.45) is 4.99 Å². The molecule has 2 rings (SSSR count). The third kappa shape index (κ3) is 2.11. The van der Waals surface area contributed by atoms with Crippen molar-refractivity contribution >= 4 is 35.9 Å². The Morgan fingerprint density at radius 2 is 2.31 bits per heavy atom. The van der Waals surface area contributed by atoms with Gasteiger partial charge in [0.1, 0.15) is 0 Å². The molecule has 1 aliphatic heterocycles. The van der Waals surface area contributed by atoms with Gasteiger partial charge in [-0.2, -0.15) is 0 Å². The summed E-state index contributed by atoms with van der Waals surface area (Å²) < 4.78 is 1.03. The molecule has 0 spiro atoms. The Morgan fingerprint density at radius 3 is 3.08 bits per heavy atom. The molecular formula is C10H9NS2. The van der Waals surface area contributed by atoms with E-state index in [0.29, 0.717) is 0 Å². The van der Waals surface area contributed by atoms with Gasteiger partial charge in [-0.15, -0.1) is 24.0 Å². The molecule has 13 heavy (non-hydrogen) atoms. The largest absolute Gasteiger partial charge is 0.256 e. The molecule has 0 amide bonds. The van der Waals surface area contributed by atoms with Crippen LogP contribution in [0, 0.1) is 0 Å². The van der Waals surface area contributed by atoms with E-state index in [1.165, 1.54) is 4.88 Å². The van der Waals surface area contributed by atoms with Gasteiger partial charge in [-0.25, -0.2) is 0 Å². The lowest BCUT2D eigenvalue weighted by molar-refractivity contribution is 1.40. The van der Waals surface area contributed by atoms with Crippen LogP contribution in [0.2, 0.25) is 0 Å². The molecule has 0 saturated heterocycles. The molecule has 0 radical (unpaired) electrons. The van der Waals surface area contributed by atoms with E-state index >= 15 is 0 Å². The number of rotatable bonds is 1. The average molecular weight is 207 g/mol. The van der Waals surface area contributed by atoms with Crippen LogP contribution in [0.5, 0.6) is 0 Å². The van der Waals surface area contributed by atoms with E-state index in [9.17, 15) is 0 Å². The van der Waals surface area contributed by atoms with E-state index < -0.39 is 0 Å². The molecule has 0 unspecified atom stereocenters. The molecule has 0 bridgehead atoms. The number of allylic oxidation sites excluding steroid dienone is 3. The van der Waals surface area contributed by atoms with Crippen LogP contribution in [0.4, 0.5) is 0 Å². The molecule has 0 aromatic carbocycles. The maximum Gasteiger partial charge on any atom is 0.0765 e. The van der Waals surface area contributed by atoms with Crippen molar-refractivity contribution in [1.82, 2.24) is 0 Å². The fraction of sp³-hybridized carbons (Fsp3) is 0.100. The lowest BCUT2D eigenvalue weighted by atomic mass is 10.3. The van der Waals surface area contributed by atoms with Gasteiger partial charge >= 0.3 is 0 Å². The molecule has 0 fully saturated rings. The van der Waals surface area contributed by atoms with E-state index in [1.54, 1.807) is 11.3 Å². The number of nitrogens with zero attached hydrogens (tertiary/aromatic N) is 1. The highest BCUT2D eigenvalue weighted by molar-refractivity contribution is 7.82. The maximum atomic E-state index is 4.33. The Kier molecular flexibility index (Phi) is 2.66. The highest BCUT2D eigenvalue weighted by Crippen LogP contribution is 2.27. The minimum atomic E-state index is 0.954. The van der Waals surface area contributed by atoms with Crippen LogP contribution in [0.1, 0.15) is 11.3 Å². The van der Waals surface area contributed by atoms with Crippen molar-refractivity contribution in [2.75, 3.05) is 0 Å². The monoisotopic (exact) mass is 207 g/mol. The highest BCUT2D eigenvalue weighted by atomic mass is 32.2. The first-order chi connectivity index (χ1) is 6.36. The number of aliphatic imine (C=N–C) groups is 1. The van der Waals surface area contributed by atoms with Crippen molar-refractivity contribution in [3.8, 4) is 0 Å². The second-order valence-electron chi connectivity index (χ2n) is 2.67. The van der Waals surface area contributed by atoms with Gasteiger partial charge in [0.15, 0.2) is 0 Å². The molecule has 0 atom stereocenters. The van der Waals surface area contributed by atoms with Gasteiger partial charge in [-0.3, -0.25) is 4.99 Å². The Balaban J connectivity index is 2.31. The van der Waals surface area contributed by atoms with Gasteiger partial charge in [0.05, 0.1) is 14.8 Å². The number of hydrogen-bond donors (Lipinski definition) is 1. The van der Waals surface area contributed by atoms with Gasteiger partial charge in [0.25, 0.3) is 0 Å². The fourth-order valence-corrected chi connectivity index (χ4v) is 2.23. The van der Waals surface area contributed by atoms with Gasteiger partial charge in [-0.05, 0) is 24.6 Å². The minimum Gasteiger partial charge on any atom is -0.256 e. The second-order valence-corrected chi connectivity index (χ2v) is 4.54. The molecule has 1 aliphatic rings. The summed E-state index contributed by atoms with van der Waals surface area (Å²) in [6.45, 7) is 0. The van der Waals surface area contributed by atoms with Crippen LogP contribution in [0.3, 0.4) is 0 Å². The lowest BCUT2D eigenvalue weighted by Gasteiger charge is -1.94. The predicted molar refractivity (Wildman–Crippen MR) is 61.8 cm³/mol. The van der Waals surface area contributed by atoms with Gasteiger partial charge in [0, 0.05) is 6.21 Å². The van der Waals surface area contributed by atoms with Crippen molar-refractivity contribution in [3.05, 3.63) is 35.2 Å². The summed E-state index contributed by atoms with van der Waals surface area (Å²) in [5.41, 5.74) is 1.05. The normalized spacial score (nSPS) is 15.6. The summed E-state index contributed by atoms with van der Waals surface area (Å²) in [5.74, 6) is 0. The summed E-state index contributed by atoms with van der Waals surface area (Å²) in [7, 11) is 0. The first kappa shape index (κ1) is 8.78. The summed E-state index contributed by atoms with van der Waals surface area (Å²) in [5, 5.41) is 0. The standard InChI is InChI=1S/C10H9NS2/c12-10-6-5-9(13-10)8-4-2-1-3-7-11-8/h1,3-7,12H,2H2. The van der Waals surface area contributed by atoms with Crippen LogP contribution >= 0.6 is 24.0 Å². The molecule has 2 heterocycles. The summed E-state index contributed by atoms with van der Waals surface area (Å²) >= 11 is 5.93. The van der Waals surface area contributed by atoms with Gasteiger partial charge in [0.2, 0.25) is 0 Å². The van der Waals surface area contributed by atoms with Crippen LogP contribution in [-0.4, -0.2) is 6.21 Å². The zero-order valence-electron chi connectivity index (χ0n) is 6.97. The van der Waals surface area contributed by atoms with E-state index in [1.807, 2.05) is 18.4 Å². The Morgan fingerprint density at radius 1 is 1.38 bits per heavy atom. The molecule has 0 aliphatic carbocycles. The summed E-state index contributed by atoms with van der Waals surface area (Å²) in [6, 6.07) is 4.05. The molecule has 3 heteroatoms. The van der Waals surface area contributed by atoms with Crippen molar-refractivity contribution in [3.63, 3.8) is 0 Å². The molecule has 0 N–H and O–H groups in total. The smallest absolute Gasteiger partial charge is 0.0765 e. The number of hydrogen-bond acceptors (Lipinski definition) is 3. The zero-order chi connectivity index (χ0) is 9.10. The third-order valence-electron chi connectivity index (χ3n) is 1.73. The SMILES string of the molecule is Sc1ccc(C2=CCC=CC=N2)s1. The molecule has 0 saturated carbocycles. The average Bonchev–Trinajstić information content (AvgIpc) is 2.43. The van der Waals surface area contributed by atoms with Crippen molar-refractivity contribution in [1.29, 1.82) is 0 Å². The Labute approximate surface area is 86.9 Å². The van der Waals surface area contributed by atoms with Crippen molar-refractivity contribution < 1.29 is 0 Å². The quantitative estimate of drug-likeness (QED) is 0.678. The highest BCUT2D eigenvalue weighted by Gasteiger charge is 2.02. The first-order valence-corrected chi connectivity index (χ1v) is 5.31. The Hall–Kier alpha value is -0.800. The van der Waals surface area contributed by atoms with Crippen LogP contribution in [0.25, 0.3) is 5.70 Å².